The summed E-state index contributed by atoms with van der Waals surface area (Å²) in [6.45, 7) is 4.32. The first-order chi connectivity index (χ1) is 9.76. The SMILES string of the molecule is CCCCCc1cc(C=O)c(CCCCC)cc1C=O. The van der Waals surface area contributed by atoms with Crippen molar-refractivity contribution < 1.29 is 9.59 Å². The van der Waals surface area contributed by atoms with E-state index in [1.165, 1.54) is 0 Å². The number of hydrogen-bond donors (Lipinski definition) is 0. The molecule has 0 atom stereocenters. The molecule has 2 nitrogen and oxygen atoms in total. The molecular formula is C18H26O2. The fourth-order valence-corrected chi connectivity index (χ4v) is 2.51. The molecule has 1 rings (SSSR count). The van der Waals surface area contributed by atoms with Gasteiger partial charge in [0.15, 0.2) is 0 Å². The van der Waals surface area contributed by atoms with Gasteiger partial charge in [-0.05, 0) is 48.9 Å². The van der Waals surface area contributed by atoms with Gasteiger partial charge >= 0.3 is 0 Å². The summed E-state index contributed by atoms with van der Waals surface area (Å²) in [4.78, 5) is 22.5. The van der Waals surface area contributed by atoms with Crippen LogP contribution in [0.3, 0.4) is 0 Å². The predicted octanol–water partition coefficient (Wildman–Crippen LogP) is 4.78. The summed E-state index contributed by atoms with van der Waals surface area (Å²) in [5.41, 5.74) is 3.57. The molecule has 0 bridgehead atoms. The topological polar surface area (TPSA) is 34.1 Å². The van der Waals surface area contributed by atoms with Gasteiger partial charge in [-0.1, -0.05) is 39.5 Å². The summed E-state index contributed by atoms with van der Waals surface area (Å²) >= 11 is 0. The maximum Gasteiger partial charge on any atom is 0.150 e. The van der Waals surface area contributed by atoms with Crippen LogP contribution < -0.4 is 0 Å². The van der Waals surface area contributed by atoms with Gasteiger partial charge < -0.3 is 0 Å². The summed E-state index contributed by atoms with van der Waals surface area (Å²) in [5, 5.41) is 0. The molecule has 0 fully saturated rings. The number of rotatable bonds is 10. The van der Waals surface area contributed by atoms with Crippen molar-refractivity contribution in [2.75, 3.05) is 0 Å². The molecule has 20 heavy (non-hydrogen) atoms. The van der Waals surface area contributed by atoms with E-state index in [1.54, 1.807) is 0 Å². The lowest BCUT2D eigenvalue weighted by Gasteiger charge is -2.11. The van der Waals surface area contributed by atoms with Crippen molar-refractivity contribution in [1.29, 1.82) is 0 Å². The third kappa shape index (κ3) is 4.92. The molecule has 0 saturated carbocycles. The second-order valence-corrected chi connectivity index (χ2v) is 5.40. The third-order valence-electron chi connectivity index (χ3n) is 3.75. The van der Waals surface area contributed by atoms with Gasteiger partial charge in [-0.15, -0.1) is 0 Å². The molecule has 1 aromatic rings. The largest absolute Gasteiger partial charge is 0.298 e. The zero-order chi connectivity index (χ0) is 14.8. The van der Waals surface area contributed by atoms with Gasteiger partial charge in [-0.2, -0.15) is 0 Å². The van der Waals surface area contributed by atoms with Crippen LogP contribution in [0.4, 0.5) is 0 Å². The van der Waals surface area contributed by atoms with Crippen LogP contribution in [0.25, 0.3) is 0 Å². The van der Waals surface area contributed by atoms with Crippen molar-refractivity contribution >= 4 is 12.6 Å². The summed E-state index contributed by atoms with van der Waals surface area (Å²) < 4.78 is 0. The molecule has 0 unspecified atom stereocenters. The molecular weight excluding hydrogens is 248 g/mol. The van der Waals surface area contributed by atoms with Crippen LogP contribution in [-0.2, 0) is 12.8 Å². The maximum atomic E-state index is 11.3. The van der Waals surface area contributed by atoms with Crippen molar-refractivity contribution in [2.24, 2.45) is 0 Å². The molecule has 110 valence electrons. The molecule has 2 heteroatoms. The van der Waals surface area contributed by atoms with E-state index >= 15 is 0 Å². The molecule has 0 saturated heterocycles. The molecule has 0 aromatic heterocycles. The van der Waals surface area contributed by atoms with E-state index in [9.17, 15) is 9.59 Å². The summed E-state index contributed by atoms with van der Waals surface area (Å²) in [6, 6.07) is 3.85. The molecule has 0 N–H and O–H groups in total. The first kappa shape index (κ1) is 16.6. The van der Waals surface area contributed by atoms with Gasteiger partial charge in [-0.25, -0.2) is 0 Å². The number of carbonyl (C=O) groups excluding carboxylic acids is 2. The summed E-state index contributed by atoms with van der Waals surface area (Å²) in [5.74, 6) is 0. The van der Waals surface area contributed by atoms with Crippen molar-refractivity contribution in [2.45, 2.75) is 65.2 Å². The molecule has 0 amide bonds. The van der Waals surface area contributed by atoms with Gasteiger partial charge in [0.2, 0.25) is 0 Å². The monoisotopic (exact) mass is 274 g/mol. The minimum atomic E-state index is 0.762. The van der Waals surface area contributed by atoms with Gasteiger partial charge in [0.05, 0.1) is 0 Å². The quantitative estimate of drug-likeness (QED) is 0.454. The van der Waals surface area contributed by atoms with Crippen LogP contribution in [0.1, 0.15) is 84.2 Å². The highest BCUT2D eigenvalue weighted by Crippen LogP contribution is 2.19. The zero-order valence-corrected chi connectivity index (χ0v) is 12.8. The van der Waals surface area contributed by atoms with E-state index in [4.69, 9.17) is 0 Å². The standard InChI is InChI=1S/C18H26O2/c1-3-5-7-9-15-11-18(14-20)16(10-8-6-4-2)12-17(15)13-19/h11-14H,3-10H2,1-2H3. The Kier molecular flexibility index (Phi) is 7.86. The Labute approximate surface area is 122 Å². The van der Waals surface area contributed by atoms with Gasteiger partial charge in [0, 0.05) is 11.1 Å². The Hall–Kier alpha value is -1.44. The average Bonchev–Trinajstić information content (AvgIpc) is 2.48. The van der Waals surface area contributed by atoms with Crippen LogP contribution in [0.15, 0.2) is 12.1 Å². The first-order valence-corrected chi connectivity index (χ1v) is 7.82. The number of hydrogen-bond acceptors (Lipinski definition) is 2. The second-order valence-electron chi connectivity index (χ2n) is 5.40. The van der Waals surface area contributed by atoms with E-state index in [1.807, 2.05) is 12.1 Å². The Balaban J connectivity index is 2.91. The Morgan fingerprint density at radius 2 is 1.15 bits per heavy atom. The molecule has 0 radical (unpaired) electrons. The van der Waals surface area contributed by atoms with E-state index < -0.39 is 0 Å². The van der Waals surface area contributed by atoms with Gasteiger partial charge in [0.25, 0.3) is 0 Å². The predicted molar refractivity (Wildman–Crippen MR) is 83.7 cm³/mol. The summed E-state index contributed by atoms with van der Waals surface area (Å²) in [6.07, 6.45) is 10.4. The molecule has 0 aliphatic rings. The number of carbonyl (C=O) groups is 2. The molecule has 0 spiro atoms. The van der Waals surface area contributed by atoms with Crippen LogP contribution in [0.5, 0.6) is 0 Å². The highest BCUT2D eigenvalue weighted by Gasteiger charge is 2.09. The highest BCUT2D eigenvalue weighted by atomic mass is 16.1. The average molecular weight is 274 g/mol. The lowest BCUT2D eigenvalue weighted by atomic mass is 9.93. The molecule has 0 heterocycles. The van der Waals surface area contributed by atoms with Crippen molar-refractivity contribution in [3.05, 3.63) is 34.4 Å². The molecule has 1 aromatic carbocycles. The van der Waals surface area contributed by atoms with E-state index in [-0.39, 0.29) is 0 Å². The maximum absolute atomic E-state index is 11.3. The first-order valence-electron chi connectivity index (χ1n) is 7.82. The van der Waals surface area contributed by atoms with Crippen LogP contribution in [0, 0.1) is 0 Å². The van der Waals surface area contributed by atoms with Crippen molar-refractivity contribution in [1.82, 2.24) is 0 Å². The van der Waals surface area contributed by atoms with E-state index in [2.05, 4.69) is 13.8 Å². The van der Waals surface area contributed by atoms with Crippen LogP contribution in [0.2, 0.25) is 0 Å². The molecule has 0 aliphatic carbocycles. The number of benzene rings is 1. The lowest BCUT2D eigenvalue weighted by molar-refractivity contribution is 0.111. The normalized spacial score (nSPS) is 10.5. The fourth-order valence-electron chi connectivity index (χ4n) is 2.51. The summed E-state index contributed by atoms with van der Waals surface area (Å²) in [7, 11) is 0. The smallest absolute Gasteiger partial charge is 0.150 e. The van der Waals surface area contributed by atoms with Crippen LogP contribution >= 0.6 is 0 Å². The van der Waals surface area contributed by atoms with Crippen molar-refractivity contribution in [3.8, 4) is 0 Å². The number of aryl methyl sites for hydroxylation is 2. The number of unbranched alkanes of at least 4 members (excludes halogenated alkanes) is 4. The fraction of sp³-hybridized carbons (Fsp3) is 0.556. The second kappa shape index (κ2) is 9.46. The lowest BCUT2D eigenvalue weighted by Crippen LogP contribution is -2.01. The Bertz CT molecular complexity index is 394. The minimum absolute atomic E-state index is 0.762. The Morgan fingerprint density at radius 3 is 1.45 bits per heavy atom. The third-order valence-corrected chi connectivity index (χ3v) is 3.75. The van der Waals surface area contributed by atoms with Crippen molar-refractivity contribution in [3.63, 3.8) is 0 Å². The minimum Gasteiger partial charge on any atom is -0.298 e. The van der Waals surface area contributed by atoms with Crippen LogP contribution in [-0.4, -0.2) is 12.6 Å². The highest BCUT2D eigenvalue weighted by molar-refractivity contribution is 5.83. The van der Waals surface area contributed by atoms with E-state index in [0.717, 1.165) is 86.2 Å². The number of aldehydes is 2. The van der Waals surface area contributed by atoms with E-state index in [0.29, 0.717) is 0 Å². The van der Waals surface area contributed by atoms with Gasteiger partial charge in [0.1, 0.15) is 12.6 Å². The Morgan fingerprint density at radius 1 is 0.750 bits per heavy atom. The zero-order valence-electron chi connectivity index (χ0n) is 12.8. The molecule has 0 aliphatic heterocycles. The van der Waals surface area contributed by atoms with Gasteiger partial charge in [-0.3, -0.25) is 9.59 Å².